The molecule has 1 heterocycles. The first-order valence-electron chi connectivity index (χ1n) is 6.32. The topological polar surface area (TPSA) is 12.0 Å². The molecular weight excluding hydrogens is 214 g/mol. The van der Waals surface area contributed by atoms with Crippen molar-refractivity contribution in [1.29, 1.82) is 0 Å². The van der Waals surface area contributed by atoms with Crippen LogP contribution in [0, 0.1) is 0 Å². The summed E-state index contributed by atoms with van der Waals surface area (Å²) < 4.78 is 0. The first-order chi connectivity index (χ1) is 7.93. The third-order valence-corrected chi connectivity index (χ3v) is 4.74. The average molecular weight is 233 g/mol. The molecule has 1 aliphatic carbocycles. The molecule has 86 valence electrons. The molecule has 0 aromatic heterocycles. The third-order valence-electron chi connectivity index (χ3n) is 3.69. The van der Waals surface area contributed by atoms with Crippen molar-refractivity contribution >= 4 is 11.8 Å². The number of rotatable bonds is 3. The Kier molecular flexibility index (Phi) is 3.20. The highest BCUT2D eigenvalue weighted by Gasteiger charge is 2.39. The second-order valence-electron chi connectivity index (χ2n) is 4.91. The maximum absolute atomic E-state index is 3.83. The second kappa shape index (κ2) is 4.80. The molecule has 1 nitrogen and oxygen atoms in total. The van der Waals surface area contributed by atoms with Gasteiger partial charge in [0.25, 0.3) is 0 Å². The summed E-state index contributed by atoms with van der Waals surface area (Å²) in [6.07, 6.45) is 4.07. The number of hydrogen-bond donors (Lipinski definition) is 1. The summed E-state index contributed by atoms with van der Waals surface area (Å²) in [7, 11) is 0. The minimum Gasteiger partial charge on any atom is -0.311 e. The largest absolute Gasteiger partial charge is 0.311 e. The number of benzene rings is 1. The highest BCUT2D eigenvalue weighted by Crippen LogP contribution is 2.41. The van der Waals surface area contributed by atoms with E-state index < -0.39 is 0 Å². The van der Waals surface area contributed by atoms with E-state index in [1.165, 1.54) is 36.3 Å². The molecule has 0 amide bonds. The fourth-order valence-corrected chi connectivity index (χ4v) is 3.72. The Bertz CT molecular complexity index is 332. The molecule has 2 heteroatoms. The normalized spacial score (nSPS) is 30.2. The van der Waals surface area contributed by atoms with Gasteiger partial charge in [0.05, 0.1) is 0 Å². The Hall–Kier alpha value is -0.470. The van der Waals surface area contributed by atoms with E-state index >= 15 is 0 Å². The van der Waals surface area contributed by atoms with Gasteiger partial charge in [-0.05, 0) is 36.3 Å². The lowest BCUT2D eigenvalue weighted by molar-refractivity contribution is 0.475. The number of thioether (sulfide) groups is 1. The lowest BCUT2D eigenvalue weighted by atomic mass is 10.1. The predicted octanol–water partition coefficient (Wildman–Crippen LogP) is 3.03. The highest BCUT2D eigenvalue weighted by molar-refractivity contribution is 7.99. The SMILES string of the molecule is c1ccc(C2CC2NC2CCSCC2)cc1. The Labute approximate surface area is 102 Å². The van der Waals surface area contributed by atoms with E-state index in [1.807, 2.05) is 0 Å². The molecule has 1 aromatic carbocycles. The summed E-state index contributed by atoms with van der Waals surface area (Å²) in [5, 5.41) is 3.83. The Morgan fingerprint density at radius 2 is 1.81 bits per heavy atom. The van der Waals surface area contributed by atoms with Gasteiger partial charge in [-0.3, -0.25) is 0 Å². The highest BCUT2D eigenvalue weighted by atomic mass is 32.2. The van der Waals surface area contributed by atoms with Gasteiger partial charge in [0.2, 0.25) is 0 Å². The van der Waals surface area contributed by atoms with Gasteiger partial charge >= 0.3 is 0 Å². The van der Waals surface area contributed by atoms with Crippen LogP contribution in [0.5, 0.6) is 0 Å². The average Bonchev–Trinajstić information content (AvgIpc) is 3.11. The van der Waals surface area contributed by atoms with E-state index in [2.05, 4.69) is 47.4 Å². The summed E-state index contributed by atoms with van der Waals surface area (Å²) in [6.45, 7) is 0. The van der Waals surface area contributed by atoms with E-state index in [0.29, 0.717) is 0 Å². The second-order valence-corrected chi connectivity index (χ2v) is 6.14. The van der Waals surface area contributed by atoms with E-state index in [4.69, 9.17) is 0 Å². The molecule has 2 unspecified atom stereocenters. The van der Waals surface area contributed by atoms with Gasteiger partial charge in [0.1, 0.15) is 0 Å². The molecule has 1 aromatic rings. The standard InChI is InChI=1S/C14H19NS/c1-2-4-11(5-3-1)13-10-14(13)15-12-6-8-16-9-7-12/h1-5,12-15H,6-10H2. The van der Waals surface area contributed by atoms with Crippen molar-refractivity contribution in [1.82, 2.24) is 5.32 Å². The molecule has 0 radical (unpaired) electrons. The van der Waals surface area contributed by atoms with Crippen LogP contribution in [-0.4, -0.2) is 23.6 Å². The van der Waals surface area contributed by atoms with Gasteiger partial charge in [0.15, 0.2) is 0 Å². The van der Waals surface area contributed by atoms with Crippen molar-refractivity contribution in [2.45, 2.75) is 37.3 Å². The van der Waals surface area contributed by atoms with E-state index in [0.717, 1.165) is 18.0 Å². The van der Waals surface area contributed by atoms with E-state index in [9.17, 15) is 0 Å². The molecule has 16 heavy (non-hydrogen) atoms. The Balaban J connectivity index is 1.52. The van der Waals surface area contributed by atoms with Crippen LogP contribution in [-0.2, 0) is 0 Å². The van der Waals surface area contributed by atoms with Crippen LogP contribution in [0.25, 0.3) is 0 Å². The summed E-state index contributed by atoms with van der Waals surface area (Å²) in [5.41, 5.74) is 1.52. The van der Waals surface area contributed by atoms with Gasteiger partial charge in [-0.25, -0.2) is 0 Å². The summed E-state index contributed by atoms with van der Waals surface area (Å²) in [6, 6.07) is 12.5. The van der Waals surface area contributed by atoms with Crippen LogP contribution in [0.2, 0.25) is 0 Å². The third kappa shape index (κ3) is 2.44. The van der Waals surface area contributed by atoms with Crippen molar-refractivity contribution in [2.24, 2.45) is 0 Å². The molecule has 2 atom stereocenters. The first-order valence-corrected chi connectivity index (χ1v) is 7.48. The lowest BCUT2D eigenvalue weighted by Gasteiger charge is -2.22. The molecule has 2 fully saturated rings. The number of hydrogen-bond acceptors (Lipinski definition) is 2. The van der Waals surface area contributed by atoms with E-state index in [1.54, 1.807) is 0 Å². The van der Waals surface area contributed by atoms with Crippen molar-refractivity contribution < 1.29 is 0 Å². The van der Waals surface area contributed by atoms with Gasteiger partial charge in [0, 0.05) is 18.0 Å². The molecule has 1 aliphatic heterocycles. The maximum Gasteiger partial charge on any atom is 0.0145 e. The monoisotopic (exact) mass is 233 g/mol. The summed E-state index contributed by atoms with van der Waals surface area (Å²) >= 11 is 2.10. The summed E-state index contributed by atoms with van der Waals surface area (Å²) in [5.74, 6) is 3.48. The van der Waals surface area contributed by atoms with E-state index in [-0.39, 0.29) is 0 Å². The quantitative estimate of drug-likeness (QED) is 0.861. The minimum absolute atomic E-state index is 0.760. The zero-order chi connectivity index (χ0) is 10.8. The van der Waals surface area contributed by atoms with Crippen LogP contribution >= 0.6 is 11.8 Å². The molecule has 1 saturated heterocycles. The molecule has 2 aliphatic rings. The zero-order valence-corrected chi connectivity index (χ0v) is 10.4. The van der Waals surface area contributed by atoms with Crippen LogP contribution in [0.4, 0.5) is 0 Å². The van der Waals surface area contributed by atoms with Crippen LogP contribution in [0.1, 0.15) is 30.7 Å². The van der Waals surface area contributed by atoms with Gasteiger partial charge in [-0.15, -0.1) is 0 Å². The Morgan fingerprint density at radius 1 is 1.06 bits per heavy atom. The summed E-state index contributed by atoms with van der Waals surface area (Å²) in [4.78, 5) is 0. The van der Waals surface area contributed by atoms with Crippen LogP contribution < -0.4 is 5.32 Å². The molecular formula is C14H19NS. The first kappa shape index (κ1) is 10.7. The predicted molar refractivity (Wildman–Crippen MR) is 71.1 cm³/mol. The van der Waals surface area contributed by atoms with Gasteiger partial charge < -0.3 is 5.32 Å². The van der Waals surface area contributed by atoms with Crippen molar-refractivity contribution in [3.63, 3.8) is 0 Å². The minimum atomic E-state index is 0.760. The Morgan fingerprint density at radius 3 is 2.56 bits per heavy atom. The number of nitrogens with one attached hydrogen (secondary N) is 1. The van der Waals surface area contributed by atoms with Gasteiger partial charge in [-0.2, -0.15) is 11.8 Å². The van der Waals surface area contributed by atoms with Crippen LogP contribution in [0.15, 0.2) is 30.3 Å². The molecule has 3 rings (SSSR count). The van der Waals surface area contributed by atoms with Crippen molar-refractivity contribution in [3.05, 3.63) is 35.9 Å². The van der Waals surface area contributed by atoms with Gasteiger partial charge in [-0.1, -0.05) is 30.3 Å². The molecule has 1 N–H and O–H groups in total. The fourth-order valence-electron chi connectivity index (χ4n) is 2.61. The van der Waals surface area contributed by atoms with Crippen LogP contribution in [0.3, 0.4) is 0 Å². The maximum atomic E-state index is 3.83. The smallest absolute Gasteiger partial charge is 0.0145 e. The van der Waals surface area contributed by atoms with Crippen molar-refractivity contribution in [3.8, 4) is 0 Å². The molecule has 0 spiro atoms. The van der Waals surface area contributed by atoms with Crippen molar-refractivity contribution in [2.75, 3.05) is 11.5 Å². The molecule has 0 bridgehead atoms. The zero-order valence-electron chi connectivity index (χ0n) is 9.56. The fraction of sp³-hybridized carbons (Fsp3) is 0.571. The molecule has 1 saturated carbocycles. The lowest BCUT2D eigenvalue weighted by Crippen LogP contribution is -2.34.